The van der Waals surface area contributed by atoms with Crippen molar-refractivity contribution in [2.45, 2.75) is 18.9 Å². The fourth-order valence-electron chi connectivity index (χ4n) is 2.51. The maximum atomic E-state index is 12.6. The largest absolute Gasteiger partial charge is 0.327 e. The average Bonchev–Trinajstić information content (AvgIpc) is 3.18. The molecule has 114 valence electrons. The Morgan fingerprint density at radius 3 is 2.77 bits per heavy atom. The SMILES string of the molecule is O=C(Nc1nccs1)C1CCCN1C(=O)c1ccc(I)cc1. The maximum absolute atomic E-state index is 12.6. The molecule has 22 heavy (non-hydrogen) atoms. The first kappa shape index (κ1) is 15.4. The first-order valence-electron chi connectivity index (χ1n) is 6.92. The van der Waals surface area contributed by atoms with Crippen LogP contribution in [-0.4, -0.2) is 34.3 Å². The molecular weight excluding hydrogens is 413 g/mol. The normalized spacial score (nSPS) is 17.5. The topological polar surface area (TPSA) is 62.3 Å². The van der Waals surface area contributed by atoms with Crippen LogP contribution < -0.4 is 5.32 Å². The van der Waals surface area contributed by atoms with Crippen LogP contribution >= 0.6 is 33.9 Å². The number of carbonyl (C=O) groups is 2. The van der Waals surface area contributed by atoms with Crippen LogP contribution in [0.4, 0.5) is 5.13 Å². The number of rotatable bonds is 3. The van der Waals surface area contributed by atoms with E-state index in [0.29, 0.717) is 23.7 Å². The molecule has 7 heteroatoms. The van der Waals surface area contributed by atoms with Gasteiger partial charge in [-0.2, -0.15) is 0 Å². The van der Waals surface area contributed by atoms with Crippen LogP contribution in [0.15, 0.2) is 35.8 Å². The molecule has 3 rings (SSSR count). The molecule has 0 spiro atoms. The Morgan fingerprint density at radius 1 is 1.32 bits per heavy atom. The molecule has 1 aliphatic rings. The predicted molar refractivity (Wildman–Crippen MR) is 94.0 cm³/mol. The summed E-state index contributed by atoms with van der Waals surface area (Å²) in [5.41, 5.74) is 0.620. The third-order valence-electron chi connectivity index (χ3n) is 3.57. The summed E-state index contributed by atoms with van der Waals surface area (Å²) in [5, 5.41) is 5.16. The van der Waals surface area contributed by atoms with Crippen LogP contribution in [0.3, 0.4) is 0 Å². The number of thiazole rings is 1. The average molecular weight is 427 g/mol. The maximum Gasteiger partial charge on any atom is 0.254 e. The highest BCUT2D eigenvalue weighted by atomic mass is 127. The number of halogens is 1. The van der Waals surface area contributed by atoms with E-state index in [1.54, 1.807) is 28.6 Å². The monoisotopic (exact) mass is 427 g/mol. The van der Waals surface area contributed by atoms with Gasteiger partial charge in [0, 0.05) is 27.3 Å². The Bertz CT molecular complexity index is 673. The summed E-state index contributed by atoms with van der Waals surface area (Å²) >= 11 is 3.57. The summed E-state index contributed by atoms with van der Waals surface area (Å²) in [6, 6.07) is 6.98. The highest BCUT2D eigenvalue weighted by Gasteiger charge is 2.34. The summed E-state index contributed by atoms with van der Waals surface area (Å²) in [6.45, 7) is 0.612. The molecule has 0 bridgehead atoms. The van der Waals surface area contributed by atoms with Crippen molar-refractivity contribution in [3.63, 3.8) is 0 Å². The second-order valence-corrected chi connectivity index (χ2v) is 7.13. The van der Waals surface area contributed by atoms with Crippen LogP contribution in [0, 0.1) is 3.57 Å². The summed E-state index contributed by atoms with van der Waals surface area (Å²) in [7, 11) is 0. The molecular formula is C15H14IN3O2S. The van der Waals surface area contributed by atoms with E-state index in [-0.39, 0.29) is 11.8 Å². The lowest BCUT2D eigenvalue weighted by Crippen LogP contribution is -2.43. The second kappa shape index (κ2) is 6.74. The minimum Gasteiger partial charge on any atom is -0.327 e. The van der Waals surface area contributed by atoms with Crippen LogP contribution in [-0.2, 0) is 4.79 Å². The third kappa shape index (κ3) is 3.30. The highest BCUT2D eigenvalue weighted by Crippen LogP contribution is 2.22. The van der Waals surface area contributed by atoms with E-state index >= 15 is 0 Å². The van der Waals surface area contributed by atoms with Crippen molar-refractivity contribution in [3.8, 4) is 0 Å². The number of aromatic nitrogens is 1. The van der Waals surface area contributed by atoms with Crippen LogP contribution in [0.2, 0.25) is 0 Å². The number of nitrogens with one attached hydrogen (secondary N) is 1. The quantitative estimate of drug-likeness (QED) is 0.767. The number of nitrogens with zero attached hydrogens (tertiary/aromatic N) is 2. The number of carbonyl (C=O) groups excluding carboxylic acids is 2. The molecule has 2 amide bonds. The van der Waals surface area contributed by atoms with Gasteiger partial charge in [0.2, 0.25) is 5.91 Å². The Labute approximate surface area is 145 Å². The molecule has 1 N–H and O–H groups in total. The minimum absolute atomic E-state index is 0.0896. The van der Waals surface area contributed by atoms with Crippen molar-refractivity contribution in [2.75, 3.05) is 11.9 Å². The van der Waals surface area contributed by atoms with Gasteiger partial charge in [0.1, 0.15) is 6.04 Å². The number of amides is 2. The van der Waals surface area contributed by atoms with Gasteiger partial charge in [-0.25, -0.2) is 4.98 Å². The summed E-state index contributed by atoms with van der Waals surface area (Å²) < 4.78 is 1.08. The van der Waals surface area contributed by atoms with Gasteiger partial charge < -0.3 is 10.2 Å². The van der Waals surface area contributed by atoms with Crippen LogP contribution in [0.25, 0.3) is 0 Å². The van der Waals surface area contributed by atoms with Gasteiger partial charge in [0.05, 0.1) is 0 Å². The molecule has 1 unspecified atom stereocenters. The van der Waals surface area contributed by atoms with Crippen molar-refractivity contribution >= 4 is 50.9 Å². The Kier molecular flexibility index (Phi) is 4.72. The van der Waals surface area contributed by atoms with Crippen molar-refractivity contribution in [1.29, 1.82) is 0 Å². The molecule has 1 saturated heterocycles. The van der Waals surface area contributed by atoms with E-state index in [2.05, 4.69) is 32.9 Å². The summed E-state index contributed by atoms with van der Waals surface area (Å²) in [6.07, 6.45) is 3.17. The van der Waals surface area contributed by atoms with Gasteiger partial charge in [0.25, 0.3) is 5.91 Å². The molecule has 0 radical (unpaired) electrons. The van der Waals surface area contributed by atoms with E-state index in [1.807, 2.05) is 12.1 Å². The molecule has 1 aromatic heterocycles. The van der Waals surface area contributed by atoms with Gasteiger partial charge >= 0.3 is 0 Å². The number of hydrogen-bond donors (Lipinski definition) is 1. The fourth-order valence-corrected chi connectivity index (χ4v) is 3.41. The van der Waals surface area contributed by atoms with Crippen LogP contribution in [0.5, 0.6) is 0 Å². The van der Waals surface area contributed by atoms with Gasteiger partial charge in [-0.15, -0.1) is 11.3 Å². The lowest BCUT2D eigenvalue weighted by Gasteiger charge is -2.23. The van der Waals surface area contributed by atoms with E-state index in [9.17, 15) is 9.59 Å². The number of hydrogen-bond acceptors (Lipinski definition) is 4. The Morgan fingerprint density at radius 2 is 2.09 bits per heavy atom. The van der Waals surface area contributed by atoms with E-state index in [0.717, 1.165) is 9.99 Å². The lowest BCUT2D eigenvalue weighted by atomic mass is 10.1. The smallest absolute Gasteiger partial charge is 0.254 e. The number of anilines is 1. The zero-order valence-electron chi connectivity index (χ0n) is 11.7. The molecule has 2 heterocycles. The van der Waals surface area contributed by atoms with Gasteiger partial charge in [-0.3, -0.25) is 9.59 Å². The van der Waals surface area contributed by atoms with Gasteiger partial charge in [0.15, 0.2) is 5.13 Å². The third-order valence-corrected chi connectivity index (χ3v) is 4.98. The lowest BCUT2D eigenvalue weighted by molar-refractivity contribution is -0.119. The van der Waals surface area contributed by atoms with Crippen molar-refractivity contribution in [2.24, 2.45) is 0 Å². The molecule has 5 nitrogen and oxygen atoms in total. The number of likely N-dealkylation sites (tertiary alicyclic amines) is 1. The van der Waals surface area contributed by atoms with Crippen LogP contribution in [0.1, 0.15) is 23.2 Å². The molecule has 1 atom stereocenters. The van der Waals surface area contributed by atoms with Crippen molar-refractivity contribution < 1.29 is 9.59 Å². The van der Waals surface area contributed by atoms with Crippen molar-refractivity contribution in [3.05, 3.63) is 45.0 Å². The van der Waals surface area contributed by atoms with Gasteiger partial charge in [-0.1, -0.05) is 0 Å². The summed E-state index contributed by atoms with van der Waals surface area (Å²) in [5.74, 6) is -0.250. The van der Waals surface area contributed by atoms with E-state index in [4.69, 9.17) is 0 Å². The molecule has 2 aromatic rings. The summed E-state index contributed by atoms with van der Waals surface area (Å²) in [4.78, 5) is 30.7. The van der Waals surface area contributed by atoms with Gasteiger partial charge in [-0.05, 0) is 59.7 Å². The molecule has 1 fully saturated rings. The second-order valence-electron chi connectivity index (χ2n) is 4.99. The first-order chi connectivity index (χ1) is 10.6. The van der Waals surface area contributed by atoms with Crippen molar-refractivity contribution in [1.82, 2.24) is 9.88 Å². The molecule has 1 aliphatic heterocycles. The van der Waals surface area contributed by atoms with E-state index in [1.165, 1.54) is 11.3 Å². The highest BCUT2D eigenvalue weighted by molar-refractivity contribution is 14.1. The molecule has 0 saturated carbocycles. The predicted octanol–water partition coefficient (Wildman–Crippen LogP) is 2.99. The minimum atomic E-state index is -0.421. The molecule has 1 aromatic carbocycles. The van der Waals surface area contributed by atoms with E-state index < -0.39 is 6.04 Å². The molecule has 0 aliphatic carbocycles. The fraction of sp³-hybridized carbons (Fsp3) is 0.267. The Hall–Kier alpha value is -1.48. The zero-order chi connectivity index (χ0) is 15.5. The Balaban J connectivity index is 1.73. The number of benzene rings is 1. The standard InChI is InChI=1S/C15H14IN3O2S/c16-11-5-3-10(4-6-11)14(21)19-8-1-2-12(19)13(20)18-15-17-7-9-22-15/h3-7,9,12H,1-2,8H2,(H,17,18,20). The first-order valence-corrected chi connectivity index (χ1v) is 8.88. The zero-order valence-corrected chi connectivity index (χ0v) is 14.6.